The van der Waals surface area contributed by atoms with Crippen LogP contribution in [0.25, 0.3) is 0 Å². The maximum Gasteiger partial charge on any atom is 0.327 e. The largest absolute Gasteiger partial charge is 0.480 e. The lowest BCUT2D eigenvalue weighted by Crippen LogP contribution is -2.52. The van der Waals surface area contributed by atoms with Gasteiger partial charge in [-0.15, -0.1) is 11.8 Å². The molecule has 0 saturated carbocycles. The molecule has 5 nitrogen and oxygen atoms in total. The summed E-state index contributed by atoms with van der Waals surface area (Å²) in [6.07, 6.45) is 0. The molecule has 1 rings (SSSR count). The monoisotopic (exact) mass is 260 g/mol. The minimum atomic E-state index is -0.919. The zero-order valence-electron chi connectivity index (χ0n) is 10.6. The Morgan fingerprint density at radius 2 is 2.00 bits per heavy atom. The van der Waals surface area contributed by atoms with Gasteiger partial charge in [0.1, 0.15) is 6.04 Å². The predicted octanol–water partition coefficient (Wildman–Crippen LogP) is 0.605. The highest BCUT2D eigenvalue weighted by atomic mass is 32.2. The number of carbonyl (C=O) groups excluding carboxylic acids is 1. The van der Waals surface area contributed by atoms with Crippen LogP contribution in [0.5, 0.6) is 0 Å². The molecule has 0 spiro atoms. The summed E-state index contributed by atoms with van der Waals surface area (Å²) >= 11 is 1.55. The van der Waals surface area contributed by atoms with Gasteiger partial charge in [0.2, 0.25) is 5.91 Å². The number of hydrogen-bond donors (Lipinski definition) is 2. The quantitative estimate of drug-likeness (QED) is 0.775. The van der Waals surface area contributed by atoms with Crippen molar-refractivity contribution >= 4 is 23.6 Å². The van der Waals surface area contributed by atoms with Gasteiger partial charge < -0.3 is 15.3 Å². The first-order chi connectivity index (χ1) is 7.90. The van der Waals surface area contributed by atoms with E-state index in [1.165, 1.54) is 4.90 Å². The second-order valence-corrected chi connectivity index (χ2v) is 5.73. The standard InChI is InChI=1S/C11H20N2O3S/c1-6(2)10-13(9(14)7(3)12-4)8(5-17-10)11(15)16/h6-8,10,12H,5H2,1-4H3,(H,15,16). The Morgan fingerprint density at radius 1 is 1.41 bits per heavy atom. The van der Waals surface area contributed by atoms with Crippen LogP contribution in [0.2, 0.25) is 0 Å². The number of carboxylic acids is 1. The number of likely N-dealkylation sites (N-methyl/N-ethyl adjacent to an activating group) is 1. The van der Waals surface area contributed by atoms with Crippen molar-refractivity contribution < 1.29 is 14.7 Å². The zero-order valence-corrected chi connectivity index (χ0v) is 11.5. The summed E-state index contributed by atoms with van der Waals surface area (Å²) in [6.45, 7) is 5.76. The molecule has 98 valence electrons. The molecule has 1 amide bonds. The van der Waals surface area contributed by atoms with E-state index in [0.29, 0.717) is 5.75 Å². The van der Waals surface area contributed by atoms with E-state index >= 15 is 0 Å². The Balaban J connectivity index is 2.93. The highest BCUT2D eigenvalue weighted by Gasteiger charge is 2.43. The van der Waals surface area contributed by atoms with E-state index in [4.69, 9.17) is 5.11 Å². The molecule has 3 unspecified atom stereocenters. The first-order valence-electron chi connectivity index (χ1n) is 5.74. The van der Waals surface area contributed by atoms with E-state index in [1.807, 2.05) is 13.8 Å². The lowest BCUT2D eigenvalue weighted by atomic mass is 10.1. The van der Waals surface area contributed by atoms with Gasteiger partial charge in [-0.2, -0.15) is 0 Å². The average Bonchev–Trinajstić information content (AvgIpc) is 2.71. The van der Waals surface area contributed by atoms with E-state index < -0.39 is 12.0 Å². The molecule has 3 atom stereocenters. The molecule has 0 bridgehead atoms. The van der Waals surface area contributed by atoms with E-state index in [1.54, 1.807) is 25.7 Å². The van der Waals surface area contributed by atoms with E-state index in [9.17, 15) is 9.59 Å². The Hall–Kier alpha value is -0.750. The summed E-state index contributed by atoms with van der Waals surface area (Å²) in [5, 5.41) is 12.0. The van der Waals surface area contributed by atoms with E-state index in [-0.39, 0.29) is 23.2 Å². The van der Waals surface area contributed by atoms with Gasteiger partial charge in [-0.3, -0.25) is 4.79 Å². The zero-order chi connectivity index (χ0) is 13.2. The summed E-state index contributed by atoms with van der Waals surface area (Å²) in [5.41, 5.74) is 0. The van der Waals surface area contributed by atoms with Gasteiger partial charge in [0.15, 0.2) is 0 Å². The third kappa shape index (κ3) is 2.93. The number of nitrogens with zero attached hydrogens (tertiary/aromatic N) is 1. The molecule has 2 N–H and O–H groups in total. The topological polar surface area (TPSA) is 69.6 Å². The van der Waals surface area contributed by atoms with Gasteiger partial charge in [-0.25, -0.2) is 4.79 Å². The molecule has 1 aliphatic rings. The van der Waals surface area contributed by atoms with E-state index in [0.717, 1.165) is 0 Å². The Labute approximate surface area is 106 Å². The van der Waals surface area contributed by atoms with Crippen LogP contribution in [-0.4, -0.2) is 52.1 Å². The number of rotatable bonds is 4. The molecule has 1 fully saturated rings. The summed E-state index contributed by atoms with van der Waals surface area (Å²) in [5.74, 6) is -0.335. The summed E-state index contributed by atoms with van der Waals surface area (Å²) in [6, 6.07) is -1.05. The molecule has 0 aliphatic carbocycles. The van der Waals surface area contributed by atoms with Gasteiger partial charge in [-0.05, 0) is 19.9 Å². The van der Waals surface area contributed by atoms with Gasteiger partial charge in [-0.1, -0.05) is 13.8 Å². The molecule has 0 radical (unpaired) electrons. The van der Waals surface area contributed by atoms with Gasteiger partial charge >= 0.3 is 5.97 Å². The molecule has 0 aromatic carbocycles. The van der Waals surface area contributed by atoms with Crippen molar-refractivity contribution in [2.75, 3.05) is 12.8 Å². The Kier molecular flexibility index (Phi) is 4.82. The Bertz CT molecular complexity index is 309. The molecule has 0 aromatic rings. The summed E-state index contributed by atoms with van der Waals surface area (Å²) in [4.78, 5) is 24.9. The van der Waals surface area contributed by atoms with Gasteiger partial charge in [0.25, 0.3) is 0 Å². The molecular weight excluding hydrogens is 240 g/mol. The van der Waals surface area contributed by atoms with E-state index in [2.05, 4.69) is 5.32 Å². The van der Waals surface area contributed by atoms with Crippen molar-refractivity contribution in [3.05, 3.63) is 0 Å². The van der Waals surface area contributed by atoms with Crippen molar-refractivity contribution in [1.82, 2.24) is 10.2 Å². The summed E-state index contributed by atoms with van der Waals surface area (Å²) in [7, 11) is 1.70. The smallest absolute Gasteiger partial charge is 0.327 e. The normalized spacial score (nSPS) is 26.3. The molecule has 17 heavy (non-hydrogen) atoms. The third-order valence-electron chi connectivity index (χ3n) is 2.95. The fourth-order valence-electron chi connectivity index (χ4n) is 1.86. The van der Waals surface area contributed by atoms with Crippen molar-refractivity contribution in [2.45, 2.75) is 38.2 Å². The number of carboxylic acid groups (broad SMARTS) is 1. The fraction of sp³-hybridized carbons (Fsp3) is 0.818. The van der Waals surface area contributed by atoms with Crippen LogP contribution in [0, 0.1) is 5.92 Å². The van der Waals surface area contributed by atoms with Crippen LogP contribution in [-0.2, 0) is 9.59 Å². The van der Waals surface area contributed by atoms with Crippen LogP contribution in [0.15, 0.2) is 0 Å². The lowest BCUT2D eigenvalue weighted by Gasteiger charge is -2.31. The van der Waals surface area contributed by atoms with Gasteiger partial charge in [0, 0.05) is 5.75 Å². The number of carbonyl (C=O) groups is 2. The first kappa shape index (κ1) is 14.3. The second kappa shape index (κ2) is 5.73. The summed E-state index contributed by atoms with van der Waals surface area (Å²) < 4.78 is 0. The van der Waals surface area contributed by atoms with Crippen LogP contribution >= 0.6 is 11.8 Å². The Morgan fingerprint density at radius 3 is 2.41 bits per heavy atom. The van der Waals surface area contributed by atoms with Crippen molar-refractivity contribution in [3.63, 3.8) is 0 Å². The number of thioether (sulfide) groups is 1. The number of nitrogens with one attached hydrogen (secondary N) is 1. The molecule has 1 aliphatic heterocycles. The fourth-order valence-corrected chi connectivity index (χ4v) is 3.34. The van der Waals surface area contributed by atoms with Crippen molar-refractivity contribution in [2.24, 2.45) is 5.92 Å². The highest BCUT2D eigenvalue weighted by molar-refractivity contribution is 8.00. The minimum absolute atomic E-state index is 0.0422. The average molecular weight is 260 g/mol. The SMILES string of the molecule is CNC(C)C(=O)N1C(C(=O)O)CSC1C(C)C. The maximum absolute atomic E-state index is 12.2. The second-order valence-electron chi connectivity index (χ2n) is 4.58. The number of amides is 1. The van der Waals surface area contributed by atoms with Crippen LogP contribution in [0.1, 0.15) is 20.8 Å². The number of aliphatic carboxylic acids is 1. The minimum Gasteiger partial charge on any atom is -0.480 e. The molecule has 1 saturated heterocycles. The molecule has 0 aromatic heterocycles. The lowest BCUT2D eigenvalue weighted by molar-refractivity contribution is -0.150. The van der Waals surface area contributed by atoms with Crippen LogP contribution in [0.4, 0.5) is 0 Å². The molecule has 1 heterocycles. The third-order valence-corrected chi connectivity index (χ3v) is 4.57. The first-order valence-corrected chi connectivity index (χ1v) is 6.78. The maximum atomic E-state index is 12.2. The molecular formula is C11H20N2O3S. The molecule has 6 heteroatoms. The van der Waals surface area contributed by atoms with Crippen molar-refractivity contribution in [1.29, 1.82) is 0 Å². The van der Waals surface area contributed by atoms with Crippen molar-refractivity contribution in [3.8, 4) is 0 Å². The highest BCUT2D eigenvalue weighted by Crippen LogP contribution is 2.34. The van der Waals surface area contributed by atoms with Gasteiger partial charge in [0.05, 0.1) is 11.4 Å². The van der Waals surface area contributed by atoms with Crippen LogP contribution in [0.3, 0.4) is 0 Å². The van der Waals surface area contributed by atoms with Crippen LogP contribution < -0.4 is 5.32 Å². The predicted molar refractivity (Wildman–Crippen MR) is 67.9 cm³/mol. The number of hydrogen-bond acceptors (Lipinski definition) is 4.